The standard InChI is InChI=1S/C13H17F4NO.ClH/c1-3-7(2)12(19)11(18)8-4-5-10(14)9(6-8)13(15,16)17;/h4-7,11-12,19H,3,18H2,1-2H3;1H/t7?,11-,12+;/m0./s1. The summed E-state index contributed by atoms with van der Waals surface area (Å²) in [7, 11) is 0. The minimum atomic E-state index is -4.78. The molecule has 0 aliphatic rings. The summed E-state index contributed by atoms with van der Waals surface area (Å²) in [5, 5.41) is 9.90. The first-order valence-electron chi connectivity index (χ1n) is 5.98. The summed E-state index contributed by atoms with van der Waals surface area (Å²) < 4.78 is 50.9. The van der Waals surface area contributed by atoms with Crippen LogP contribution in [0.5, 0.6) is 0 Å². The Kier molecular flexibility index (Phi) is 6.93. The summed E-state index contributed by atoms with van der Waals surface area (Å²) in [6.07, 6.45) is -5.11. The van der Waals surface area contributed by atoms with Crippen LogP contribution in [0.1, 0.15) is 37.4 Å². The van der Waals surface area contributed by atoms with Crippen LogP contribution < -0.4 is 5.73 Å². The van der Waals surface area contributed by atoms with E-state index in [2.05, 4.69) is 0 Å². The van der Waals surface area contributed by atoms with Crippen molar-refractivity contribution in [2.45, 2.75) is 38.6 Å². The van der Waals surface area contributed by atoms with E-state index in [9.17, 15) is 22.7 Å². The molecule has 3 N–H and O–H groups in total. The Balaban J connectivity index is 0.00000361. The number of hydrogen-bond donors (Lipinski definition) is 2. The molecule has 2 nitrogen and oxygen atoms in total. The zero-order valence-corrected chi connectivity index (χ0v) is 11.9. The van der Waals surface area contributed by atoms with E-state index in [1.165, 1.54) is 6.07 Å². The van der Waals surface area contributed by atoms with Gasteiger partial charge in [0.25, 0.3) is 0 Å². The van der Waals surface area contributed by atoms with Crippen LogP contribution >= 0.6 is 12.4 Å². The van der Waals surface area contributed by atoms with Crippen molar-refractivity contribution in [1.82, 2.24) is 0 Å². The van der Waals surface area contributed by atoms with Gasteiger partial charge in [-0.3, -0.25) is 0 Å². The number of nitrogens with two attached hydrogens (primary N) is 1. The summed E-state index contributed by atoms with van der Waals surface area (Å²) in [6.45, 7) is 3.59. The van der Waals surface area contributed by atoms with Gasteiger partial charge in [0.2, 0.25) is 0 Å². The van der Waals surface area contributed by atoms with Gasteiger partial charge in [-0.1, -0.05) is 26.3 Å². The van der Waals surface area contributed by atoms with E-state index in [4.69, 9.17) is 5.73 Å². The van der Waals surface area contributed by atoms with Crippen LogP contribution in [0.25, 0.3) is 0 Å². The molecule has 1 aromatic carbocycles. The molecule has 0 aliphatic carbocycles. The normalized spacial score (nSPS) is 16.2. The van der Waals surface area contributed by atoms with E-state index in [0.29, 0.717) is 12.5 Å². The van der Waals surface area contributed by atoms with Crippen molar-refractivity contribution in [3.05, 3.63) is 35.1 Å². The Labute approximate surface area is 121 Å². The lowest BCUT2D eigenvalue weighted by Gasteiger charge is -2.24. The molecule has 0 aromatic heterocycles. The Bertz CT molecular complexity index is 439. The van der Waals surface area contributed by atoms with Crippen molar-refractivity contribution in [2.75, 3.05) is 0 Å². The largest absolute Gasteiger partial charge is 0.419 e. The van der Waals surface area contributed by atoms with Gasteiger partial charge in [-0.05, 0) is 23.6 Å². The highest BCUT2D eigenvalue weighted by atomic mass is 35.5. The second kappa shape index (κ2) is 7.24. The molecule has 20 heavy (non-hydrogen) atoms. The molecule has 0 saturated heterocycles. The molecule has 0 heterocycles. The third-order valence-electron chi connectivity index (χ3n) is 3.28. The van der Waals surface area contributed by atoms with Crippen LogP contribution in [0.15, 0.2) is 18.2 Å². The van der Waals surface area contributed by atoms with Crippen LogP contribution in [-0.2, 0) is 6.18 Å². The van der Waals surface area contributed by atoms with Crippen LogP contribution in [0, 0.1) is 11.7 Å². The van der Waals surface area contributed by atoms with Gasteiger partial charge in [0.15, 0.2) is 0 Å². The third-order valence-corrected chi connectivity index (χ3v) is 3.28. The second-order valence-corrected chi connectivity index (χ2v) is 4.64. The van der Waals surface area contributed by atoms with Crippen LogP contribution in [-0.4, -0.2) is 11.2 Å². The number of benzene rings is 1. The molecule has 3 atom stereocenters. The van der Waals surface area contributed by atoms with Gasteiger partial charge in [-0.25, -0.2) is 4.39 Å². The fourth-order valence-electron chi connectivity index (χ4n) is 1.76. The highest BCUT2D eigenvalue weighted by Crippen LogP contribution is 2.33. The SMILES string of the molecule is CCC(C)[C@@H](O)[C@@H](N)c1ccc(F)c(C(F)(F)F)c1.Cl. The summed E-state index contributed by atoms with van der Waals surface area (Å²) in [4.78, 5) is 0. The molecule has 1 rings (SSSR count). The molecule has 0 bridgehead atoms. The Morgan fingerprint density at radius 2 is 1.85 bits per heavy atom. The lowest BCUT2D eigenvalue weighted by atomic mass is 9.91. The Morgan fingerprint density at radius 3 is 2.30 bits per heavy atom. The number of halogens is 5. The quantitative estimate of drug-likeness (QED) is 0.833. The highest BCUT2D eigenvalue weighted by molar-refractivity contribution is 5.85. The molecule has 0 spiro atoms. The number of rotatable bonds is 4. The zero-order valence-electron chi connectivity index (χ0n) is 11.1. The Hall–Kier alpha value is -0.850. The summed E-state index contributed by atoms with van der Waals surface area (Å²) >= 11 is 0. The highest BCUT2D eigenvalue weighted by Gasteiger charge is 2.35. The number of alkyl halides is 3. The third kappa shape index (κ3) is 4.33. The van der Waals surface area contributed by atoms with Crippen molar-refractivity contribution in [3.63, 3.8) is 0 Å². The van der Waals surface area contributed by atoms with E-state index in [1.807, 2.05) is 6.92 Å². The average molecular weight is 316 g/mol. The van der Waals surface area contributed by atoms with Crippen molar-refractivity contribution >= 4 is 12.4 Å². The Morgan fingerprint density at radius 1 is 1.30 bits per heavy atom. The molecule has 0 saturated carbocycles. The minimum Gasteiger partial charge on any atom is -0.391 e. The van der Waals surface area contributed by atoms with Crippen molar-refractivity contribution in [1.29, 1.82) is 0 Å². The van der Waals surface area contributed by atoms with Crippen molar-refractivity contribution < 1.29 is 22.7 Å². The lowest BCUT2D eigenvalue weighted by molar-refractivity contribution is -0.140. The molecule has 116 valence electrons. The summed E-state index contributed by atoms with van der Waals surface area (Å²) in [6, 6.07) is 1.57. The van der Waals surface area contributed by atoms with Crippen molar-refractivity contribution in [2.24, 2.45) is 11.7 Å². The predicted octanol–water partition coefficient (Wildman–Crippen LogP) is 3.67. The maximum absolute atomic E-state index is 13.1. The van der Waals surface area contributed by atoms with Crippen molar-refractivity contribution in [3.8, 4) is 0 Å². The van der Waals surface area contributed by atoms with Gasteiger partial charge in [0.05, 0.1) is 17.7 Å². The molecular weight excluding hydrogens is 298 g/mol. The van der Waals surface area contributed by atoms with E-state index in [0.717, 1.165) is 6.07 Å². The first kappa shape index (κ1) is 19.1. The minimum absolute atomic E-state index is 0. The molecule has 0 radical (unpaired) electrons. The molecular formula is C13H18ClF4NO. The predicted molar refractivity (Wildman–Crippen MR) is 71.0 cm³/mol. The maximum atomic E-state index is 13.1. The number of aliphatic hydroxyl groups excluding tert-OH is 1. The first-order chi connectivity index (χ1) is 8.68. The summed E-state index contributed by atoms with van der Waals surface area (Å²) in [5.41, 5.74) is 4.44. The lowest BCUT2D eigenvalue weighted by Crippen LogP contribution is -2.31. The topological polar surface area (TPSA) is 46.2 Å². The zero-order chi connectivity index (χ0) is 14.8. The molecule has 7 heteroatoms. The van der Waals surface area contributed by atoms with Crippen LogP contribution in [0.2, 0.25) is 0 Å². The van der Waals surface area contributed by atoms with Crippen LogP contribution in [0.3, 0.4) is 0 Å². The van der Waals surface area contributed by atoms with E-state index < -0.39 is 29.7 Å². The monoisotopic (exact) mass is 315 g/mol. The van der Waals surface area contributed by atoms with Gasteiger partial charge in [-0.2, -0.15) is 13.2 Å². The van der Waals surface area contributed by atoms with Gasteiger partial charge in [0, 0.05) is 0 Å². The molecule has 1 aromatic rings. The fraction of sp³-hybridized carbons (Fsp3) is 0.538. The molecule has 1 unspecified atom stereocenters. The summed E-state index contributed by atoms with van der Waals surface area (Å²) in [5.74, 6) is -1.50. The fourth-order valence-corrected chi connectivity index (χ4v) is 1.76. The number of aliphatic hydroxyl groups is 1. The second-order valence-electron chi connectivity index (χ2n) is 4.64. The molecule has 0 fully saturated rings. The van der Waals surface area contributed by atoms with Gasteiger partial charge in [0.1, 0.15) is 5.82 Å². The van der Waals surface area contributed by atoms with Gasteiger partial charge < -0.3 is 10.8 Å². The van der Waals surface area contributed by atoms with E-state index in [-0.39, 0.29) is 23.9 Å². The average Bonchev–Trinajstić information content (AvgIpc) is 2.35. The van der Waals surface area contributed by atoms with Crippen LogP contribution in [0.4, 0.5) is 17.6 Å². The maximum Gasteiger partial charge on any atom is 0.419 e. The number of hydrogen-bond acceptors (Lipinski definition) is 2. The van der Waals surface area contributed by atoms with Gasteiger partial charge >= 0.3 is 6.18 Å². The van der Waals surface area contributed by atoms with E-state index >= 15 is 0 Å². The first-order valence-corrected chi connectivity index (χ1v) is 5.98. The van der Waals surface area contributed by atoms with E-state index in [1.54, 1.807) is 6.92 Å². The molecule has 0 amide bonds. The van der Waals surface area contributed by atoms with Gasteiger partial charge in [-0.15, -0.1) is 12.4 Å². The molecule has 0 aliphatic heterocycles. The smallest absolute Gasteiger partial charge is 0.391 e.